The Hall–Kier alpha value is -5.64. The Kier molecular flexibility index (Phi) is 16.1. The van der Waals surface area contributed by atoms with Crippen LogP contribution in [0.2, 0.25) is 0 Å². The molecule has 1 heterocycles. The summed E-state index contributed by atoms with van der Waals surface area (Å²) in [4.78, 5) is 107. The van der Waals surface area contributed by atoms with Crippen LogP contribution in [0.1, 0.15) is 118 Å². The second kappa shape index (κ2) is 20.7. The van der Waals surface area contributed by atoms with Gasteiger partial charge in [0.25, 0.3) is 11.8 Å². The fraction of sp³-hybridized carbons (Fsp3) is 0.524. The number of carbonyl (C=O) groups excluding carboxylic acids is 7. The minimum atomic E-state index is -1.30. The molecule has 1 aliphatic carbocycles. The highest BCUT2D eigenvalue weighted by Gasteiger charge is 2.46. The number of likely N-dealkylation sites (tertiary alicyclic amines) is 1. The van der Waals surface area contributed by atoms with Crippen molar-refractivity contribution in [3.8, 4) is 0 Å². The Bertz CT molecular complexity index is 1820. The van der Waals surface area contributed by atoms with Crippen molar-refractivity contribution in [3.63, 3.8) is 0 Å². The molecule has 0 spiro atoms. The summed E-state index contributed by atoms with van der Waals surface area (Å²) in [5.74, 6) is -7.01. The lowest BCUT2D eigenvalue weighted by atomic mass is 9.83. The standard InChI is InChI=1S/C42H56N6O10/c1-5-14-30(36(51)39(54)44-23-34(50)45-31(22-33(43)49)25-15-8-6-9-16-25)46-38(53)32-21-27(58-42(2,3)4)24-48(32)40(55)35(26-17-10-7-11-18-26)47-37(52)28-19-12-13-20-29(28)41(56)57/h6,8-9,12-13,15-16,19-20,26-27,30-32,35H,5,7,10-11,14,17-18,21-24H2,1-4H3,(H2,43,49)(H,44,54)(H,45,50)(H,46,53)(H,47,52)(H,56,57). The van der Waals surface area contributed by atoms with E-state index in [-0.39, 0.29) is 42.9 Å². The number of ether oxygens (including phenoxy) is 1. The van der Waals surface area contributed by atoms with Gasteiger partial charge in [0, 0.05) is 13.0 Å². The number of rotatable bonds is 18. The Morgan fingerprint density at radius 3 is 2.12 bits per heavy atom. The Morgan fingerprint density at radius 1 is 0.879 bits per heavy atom. The number of carboxylic acid groups (broad SMARTS) is 1. The SMILES string of the molecule is CCCC(NC(=O)C1CC(OC(C)(C)C)CN1C(=O)C(NC(=O)c1ccccc1C(=O)O)C1CCCCC1)C(=O)C(=O)NCC(=O)NC(CC(N)=O)c1ccccc1. The molecule has 314 valence electrons. The van der Waals surface area contributed by atoms with Crippen LogP contribution in [0.15, 0.2) is 54.6 Å². The topological polar surface area (TPSA) is 243 Å². The number of nitrogens with zero attached hydrogens (tertiary/aromatic N) is 1. The van der Waals surface area contributed by atoms with Gasteiger partial charge in [0.2, 0.25) is 29.4 Å². The molecular weight excluding hydrogens is 748 g/mol. The summed E-state index contributed by atoms with van der Waals surface area (Å²) in [6.45, 7) is 6.69. The van der Waals surface area contributed by atoms with Gasteiger partial charge in [0.15, 0.2) is 0 Å². The molecule has 5 unspecified atom stereocenters. The highest BCUT2D eigenvalue weighted by molar-refractivity contribution is 6.38. The van der Waals surface area contributed by atoms with Gasteiger partial charge in [-0.15, -0.1) is 0 Å². The quantitative estimate of drug-likeness (QED) is 0.120. The van der Waals surface area contributed by atoms with Crippen LogP contribution >= 0.6 is 0 Å². The van der Waals surface area contributed by atoms with E-state index in [2.05, 4.69) is 21.3 Å². The van der Waals surface area contributed by atoms with Crippen LogP contribution < -0.4 is 27.0 Å². The number of carboxylic acids is 1. The fourth-order valence-corrected chi connectivity index (χ4v) is 7.60. The molecule has 5 atom stereocenters. The predicted octanol–water partition coefficient (Wildman–Crippen LogP) is 2.55. The zero-order valence-corrected chi connectivity index (χ0v) is 33.6. The molecule has 2 aliphatic rings. The van der Waals surface area contributed by atoms with E-state index in [0.717, 1.165) is 19.3 Å². The first-order valence-corrected chi connectivity index (χ1v) is 19.9. The van der Waals surface area contributed by atoms with Crippen LogP contribution in [0, 0.1) is 5.92 Å². The summed E-state index contributed by atoms with van der Waals surface area (Å²) in [5.41, 5.74) is 5.03. The summed E-state index contributed by atoms with van der Waals surface area (Å²) >= 11 is 0. The van der Waals surface area contributed by atoms with E-state index < -0.39 is 89.6 Å². The van der Waals surface area contributed by atoms with Gasteiger partial charge in [-0.1, -0.05) is 75.1 Å². The molecule has 1 aliphatic heterocycles. The fourth-order valence-electron chi connectivity index (χ4n) is 7.60. The van der Waals surface area contributed by atoms with Crippen LogP contribution in [0.4, 0.5) is 0 Å². The number of nitrogens with one attached hydrogen (secondary N) is 4. The van der Waals surface area contributed by atoms with E-state index in [1.165, 1.54) is 29.2 Å². The molecule has 2 fully saturated rings. The van der Waals surface area contributed by atoms with Crippen LogP contribution in [-0.4, -0.2) is 100 Å². The molecule has 0 bridgehead atoms. The van der Waals surface area contributed by atoms with E-state index in [1.807, 2.05) is 20.8 Å². The number of hydrogen-bond donors (Lipinski definition) is 6. The number of hydrogen-bond acceptors (Lipinski definition) is 9. The number of aromatic carboxylic acids is 1. The lowest BCUT2D eigenvalue weighted by molar-refractivity contribution is -0.143. The van der Waals surface area contributed by atoms with Crippen molar-refractivity contribution in [1.29, 1.82) is 0 Å². The highest BCUT2D eigenvalue weighted by Crippen LogP contribution is 2.31. The van der Waals surface area contributed by atoms with Crippen molar-refractivity contribution >= 4 is 47.2 Å². The third kappa shape index (κ3) is 12.7. The number of carbonyl (C=O) groups is 8. The maximum Gasteiger partial charge on any atom is 0.336 e. The molecule has 2 aromatic rings. The average molecular weight is 805 g/mol. The van der Waals surface area contributed by atoms with Crippen LogP contribution in [0.3, 0.4) is 0 Å². The van der Waals surface area contributed by atoms with E-state index in [9.17, 15) is 43.5 Å². The summed E-state index contributed by atoms with van der Waals surface area (Å²) in [5, 5.41) is 20.2. The molecule has 16 heteroatoms. The number of benzene rings is 2. The smallest absolute Gasteiger partial charge is 0.336 e. The molecule has 2 aromatic carbocycles. The van der Waals surface area contributed by atoms with Crippen molar-refractivity contribution in [1.82, 2.24) is 26.2 Å². The zero-order valence-electron chi connectivity index (χ0n) is 33.6. The minimum absolute atomic E-state index is 0.000705. The Labute approximate surface area is 338 Å². The van der Waals surface area contributed by atoms with Gasteiger partial charge >= 0.3 is 5.97 Å². The molecule has 7 N–H and O–H groups in total. The molecule has 0 radical (unpaired) electrons. The largest absolute Gasteiger partial charge is 0.478 e. The summed E-state index contributed by atoms with van der Waals surface area (Å²) < 4.78 is 6.23. The van der Waals surface area contributed by atoms with Gasteiger partial charge in [-0.25, -0.2) is 4.79 Å². The van der Waals surface area contributed by atoms with Crippen molar-refractivity contribution in [2.45, 2.75) is 121 Å². The normalized spacial score (nSPS) is 18.6. The molecule has 6 amide bonds. The van der Waals surface area contributed by atoms with Gasteiger partial charge in [-0.2, -0.15) is 0 Å². The lowest BCUT2D eigenvalue weighted by Gasteiger charge is -2.35. The van der Waals surface area contributed by atoms with Gasteiger partial charge in [-0.3, -0.25) is 33.6 Å². The maximum absolute atomic E-state index is 14.6. The van der Waals surface area contributed by atoms with Crippen LogP contribution in [-0.2, 0) is 33.5 Å². The number of Topliss-reactive ketones (excluding diaryl/α,β-unsaturated/α-hetero) is 1. The average Bonchev–Trinajstić information content (AvgIpc) is 3.61. The second-order valence-corrected chi connectivity index (χ2v) is 15.9. The van der Waals surface area contributed by atoms with Crippen molar-refractivity contribution < 1.29 is 48.2 Å². The Balaban J connectivity index is 1.52. The van der Waals surface area contributed by atoms with Gasteiger partial charge < -0.3 is 41.7 Å². The van der Waals surface area contributed by atoms with Crippen molar-refractivity contribution in [3.05, 3.63) is 71.3 Å². The molecule has 4 rings (SSSR count). The molecular formula is C42H56N6O10. The van der Waals surface area contributed by atoms with Crippen molar-refractivity contribution in [2.75, 3.05) is 13.1 Å². The van der Waals surface area contributed by atoms with Crippen LogP contribution in [0.25, 0.3) is 0 Å². The highest BCUT2D eigenvalue weighted by atomic mass is 16.5. The number of amides is 6. The molecule has 1 saturated carbocycles. The Morgan fingerprint density at radius 2 is 1.52 bits per heavy atom. The summed E-state index contributed by atoms with van der Waals surface area (Å²) in [6, 6.07) is 10.1. The molecule has 1 saturated heterocycles. The molecule has 16 nitrogen and oxygen atoms in total. The zero-order chi connectivity index (χ0) is 42.6. The first-order valence-electron chi connectivity index (χ1n) is 19.9. The summed E-state index contributed by atoms with van der Waals surface area (Å²) in [6.07, 6.45) is 3.60. The molecule has 58 heavy (non-hydrogen) atoms. The van der Waals surface area contributed by atoms with Gasteiger partial charge in [0.05, 0.1) is 47.9 Å². The van der Waals surface area contributed by atoms with Crippen molar-refractivity contribution in [2.24, 2.45) is 11.7 Å². The number of nitrogens with two attached hydrogens (primary N) is 1. The van der Waals surface area contributed by atoms with E-state index in [0.29, 0.717) is 24.8 Å². The van der Waals surface area contributed by atoms with Gasteiger partial charge in [0.1, 0.15) is 12.1 Å². The van der Waals surface area contributed by atoms with E-state index in [4.69, 9.17) is 10.5 Å². The molecule has 0 aromatic heterocycles. The second-order valence-electron chi connectivity index (χ2n) is 15.9. The monoisotopic (exact) mass is 804 g/mol. The summed E-state index contributed by atoms with van der Waals surface area (Å²) in [7, 11) is 0. The first-order chi connectivity index (χ1) is 27.5. The third-order valence-corrected chi connectivity index (χ3v) is 10.2. The number of ketones is 1. The van der Waals surface area contributed by atoms with Crippen LogP contribution in [0.5, 0.6) is 0 Å². The predicted molar refractivity (Wildman–Crippen MR) is 212 cm³/mol. The van der Waals surface area contributed by atoms with E-state index in [1.54, 1.807) is 37.3 Å². The number of primary amides is 1. The third-order valence-electron chi connectivity index (χ3n) is 10.2. The van der Waals surface area contributed by atoms with Gasteiger partial charge in [-0.05, 0) is 63.6 Å². The maximum atomic E-state index is 14.6. The first kappa shape index (κ1) is 45.1. The lowest BCUT2D eigenvalue weighted by Crippen LogP contribution is -2.58. The minimum Gasteiger partial charge on any atom is -0.478 e. The van der Waals surface area contributed by atoms with E-state index >= 15 is 0 Å².